The number of hydrogen-bond acceptors (Lipinski definition) is 3. The third-order valence-electron chi connectivity index (χ3n) is 3.84. The quantitative estimate of drug-likeness (QED) is 0.780. The van der Waals surface area contributed by atoms with Crippen molar-refractivity contribution in [1.82, 2.24) is 0 Å². The van der Waals surface area contributed by atoms with E-state index in [0.29, 0.717) is 30.4 Å². The maximum absolute atomic E-state index is 11.7. The molecule has 3 nitrogen and oxygen atoms in total. The van der Waals surface area contributed by atoms with E-state index in [1.54, 1.807) is 0 Å². The summed E-state index contributed by atoms with van der Waals surface area (Å²) in [6, 6.07) is 0. The van der Waals surface area contributed by atoms with E-state index in [2.05, 4.69) is 6.92 Å². The van der Waals surface area contributed by atoms with Crippen LogP contribution in [0.25, 0.3) is 0 Å². The molecule has 0 amide bonds. The second kappa shape index (κ2) is 5.50. The number of sulfone groups is 1. The van der Waals surface area contributed by atoms with E-state index in [9.17, 15) is 8.42 Å². The van der Waals surface area contributed by atoms with Crippen LogP contribution in [0.15, 0.2) is 0 Å². The average Bonchev–Trinajstić information content (AvgIpc) is 2.59. The van der Waals surface area contributed by atoms with Gasteiger partial charge in [0.25, 0.3) is 0 Å². The molecule has 16 heavy (non-hydrogen) atoms. The largest absolute Gasteiger partial charge is 0.330 e. The van der Waals surface area contributed by atoms with Crippen LogP contribution in [0.3, 0.4) is 0 Å². The number of hydrogen-bond donors (Lipinski definition) is 1. The Bertz CT molecular complexity index is 313. The SMILES string of the molecule is CCCS(=O)(=O)CCC1(CN)CCC(C)C1. The second-order valence-corrected chi connectivity index (χ2v) is 7.76. The normalized spacial score (nSPS) is 30.8. The molecule has 0 aromatic carbocycles. The lowest BCUT2D eigenvalue weighted by molar-refractivity contribution is 0.287. The minimum atomic E-state index is -2.84. The first-order valence-corrected chi connectivity index (χ1v) is 8.16. The summed E-state index contributed by atoms with van der Waals surface area (Å²) < 4.78 is 23.4. The molecule has 0 spiro atoms. The molecular formula is C12H25NO2S. The third-order valence-corrected chi connectivity index (χ3v) is 5.70. The highest BCUT2D eigenvalue weighted by Gasteiger charge is 2.36. The first-order chi connectivity index (χ1) is 7.43. The van der Waals surface area contributed by atoms with E-state index >= 15 is 0 Å². The van der Waals surface area contributed by atoms with Crippen LogP contribution in [-0.2, 0) is 9.84 Å². The molecule has 4 heteroatoms. The molecule has 0 bridgehead atoms. The van der Waals surface area contributed by atoms with E-state index in [1.165, 1.54) is 6.42 Å². The lowest BCUT2D eigenvalue weighted by Gasteiger charge is -2.27. The monoisotopic (exact) mass is 247 g/mol. The summed E-state index contributed by atoms with van der Waals surface area (Å²) in [5.74, 6) is 1.35. The van der Waals surface area contributed by atoms with Gasteiger partial charge in [0.05, 0.1) is 5.75 Å². The molecule has 1 fully saturated rings. The Morgan fingerprint density at radius 3 is 2.50 bits per heavy atom. The van der Waals surface area contributed by atoms with Crippen molar-refractivity contribution >= 4 is 9.84 Å². The summed E-state index contributed by atoms with van der Waals surface area (Å²) in [6.07, 6.45) is 4.88. The molecule has 2 N–H and O–H groups in total. The number of nitrogens with two attached hydrogens (primary N) is 1. The van der Waals surface area contributed by atoms with Crippen molar-refractivity contribution in [1.29, 1.82) is 0 Å². The van der Waals surface area contributed by atoms with Gasteiger partial charge in [-0.15, -0.1) is 0 Å². The van der Waals surface area contributed by atoms with Crippen LogP contribution in [-0.4, -0.2) is 26.5 Å². The summed E-state index contributed by atoms with van der Waals surface area (Å²) in [4.78, 5) is 0. The standard InChI is InChI=1S/C12H25NO2S/c1-3-7-16(14,15)8-6-12(10-13)5-4-11(2)9-12/h11H,3-10,13H2,1-2H3. The van der Waals surface area contributed by atoms with Crippen molar-refractivity contribution in [3.05, 3.63) is 0 Å². The highest BCUT2D eigenvalue weighted by atomic mass is 32.2. The van der Waals surface area contributed by atoms with E-state index in [-0.39, 0.29) is 5.41 Å². The topological polar surface area (TPSA) is 60.2 Å². The van der Waals surface area contributed by atoms with Crippen LogP contribution in [0.5, 0.6) is 0 Å². The minimum Gasteiger partial charge on any atom is -0.330 e. The molecule has 2 unspecified atom stereocenters. The van der Waals surface area contributed by atoms with E-state index in [4.69, 9.17) is 5.73 Å². The predicted octanol–water partition coefficient (Wildman–Crippen LogP) is 1.97. The van der Waals surface area contributed by atoms with Crippen LogP contribution in [0.1, 0.15) is 46.0 Å². The van der Waals surface area contributed by atoms with E-state index in [1.807, 2.05) is 6.92 Å². The van der Waals surface area contributed by atoms with Gasteiger partial charge in [0.15, 0.2) is 0 Å². The molecular weight excluding hydrogens is 222 g/mol. The Hall–Kier alpha value is -0.0900. The zero-order valence-corrected chi connectivity index (χ0v) is 11.4. The Kier molecular flexibility index (Phi) is 4.80. The molecule has 0 radical (unpaired) electrons. The average molecular weight is 247 g/mol. The highest BCUT2D eigenvalue weighted by Crippen LogP contribution is 2.43. The summed E-state index contributed by atoms with van der Waals surface area (Å²) in [5, 5.41) is 0. The zero-order chi connectivity index (χ0) is 12.2. The Morgan fingerprint density at radius 2 is 2.06 bits per heavy atom. The molecule has 1 aliphatic carbocycles. The first-order valence-electron chi connectivity index (χ1n) is 6.33. The molecule has 0 heterocycles. The fourth-order valence-corrected chi connectivity index (χ4v) is 4.37. The maximum Gasteiger partial charge on any atom is 0.150 e. The molecule has 0 aliphatic heterocycles. The molecule has 2 atom stereocenters. The van der Waals surface area contributed by atoms with Crippen molar-refractivity contribution in [2.24, 2.45) is 17.1 Å². The van der Waals surface area contributed by atoms with Crippen LogP contribution in [0.4, 0.5) is 0 Å². The molecule has 96 valence electrons. The molecule has 1 saturated carbocycles. The first kappa shape index (κ1) is 14.0. The van der Waals surface area contributed by atoms with Crippen molar-refractivity contribution in [2.75, 3.05) is 18.1 Å². The van der Waals surface area contributed by atoms with Crippen LogP contribution >= 0.6 is 0 Å². The smallest absolute Gasteiger partial charge is 0.150 e. The van der Waals surface area contributed by atoms with Gasteiger partial charge < -0.3 is 5.73 Å². The Morgan fingerprint density at radius 1 is 1.38 bits per heavy atom. The third kappa shape index (κ3) is 3.74. The Labute approximate surface area is 99.7 Å². The van der Waals surface area contributed by atoms with Gasteiger partial charge in [-0.25, -0.2) is 8.42 Å². The minimum absolute atomic E-state index is 0.111. The number of rotatable bonds is 6. The maximum atomic E-state index is 11.7. The Balaban J connectivity index is 2.53. The predicted molar refractivity (Wildman–Crippen MR) is 68.1 cm³/mol. The van der Waals surface area contributed by atoms with Gasteiger partial charge in [-0.3, -0.25) is 0 Å². The highest BCUT2D eigenvalue weighted by molar-refractivity contribution is 7.91. The van der Waals surface area contributed by atoms with Gasteiger partial charge in [-0.1, -0.05) is 20.3 Å². The van der Waals surface area contributed by atoms with Crippen LogP contribution < -0.4 is 5.73 Å². The van der Waals surface area contributed by atoms with Crippen LogP contribution in [0.2, 0.25) is 0 Å². The molecule has 1 rings (SSSR count). The van der Waals surface area contributed by atoms with Gasteiger partial charge in [-0.05, 0) is 43.6 Å². The van der Waals surface area contributed by atoms with Gasteiger partial charge in [0.1, 0.15) is 9.84 Å². The fourth-order valence-electron chi connectivity index (χ4n) is 2.80. The zero-order valence-electron chi connectivity index (χ0n) is 10.5. The van der Waals surface area contributed by atoms with Crippen molar-refractivity contribution in [3.8, 4) is 0 Å². The second-order valence-electron chi connectivity index (χ2n) is 5.45. The van der Waals surface area contributed by atoms with Crippen molar-refractivity contribution in [2.45, 2.75) is 46.0 Å². The molecule has 0 aromatic heterocycles. The molecule has 0 aromatic rings. The van der Waals surface area contributed by atoms with Gasteiger partial charge in [0, 0.05) is 5.75 Å². The lowest BCUT2D eigenvalue weighted by atomic mass is 9.83. The lowest BCUT2D eigenvalue weighted by Crippen LogP contribution is -2.30. The molecule has 1 aliphatic rings. The van der Waals surface area contributed by atoms with Gasteiger partial charge in [0.2, 0.25) is 0 Å². The van der Waals surface area contributed by atoms with Crippen LogP contribution in [0, 0.1) is 11.3 Å². The molecule has 0 saturated heterocycles. The van der Waals surface area contributed by atoms with E-state index < -0.39 is 9.84 Å². The van der Waals surface area contributed by atoms with Gasteiger partial charge in [-0.2, -0.15) is 0 Å². The fraction of sp³-hybridized carbons (Fsp3) is 1.00. The van der Waals surface area contributed by atoms with E-state index in [0.717, 1.165) is 19.3 Å². The summed E-state index contributed by atoms with van der Waals surface area (Å²) in [5.41, 5.74) is 5.95. The van der Waals surface area contributed by atoms with Crippen molar-refractivity contribution < 1.29 is 8.42 Å². The van der Waals surface area contributed by atoms with Gasteiger partial charge >= 0.3 is 0 Å². The van der Waals surface area contributed by atoms with Crippen molar-refractivity contribution in [3.63, 3.8) is 0 Å². The summed E-state index contributed by atoms with van der Waals surface area (Å²) in [7, 11) is -2.84. The summed E-state index contributed by atoms with van der Waals surface area (Å²) in [6.45, 7) is 4.78. The summed E-state index contributed by atoms with van der Waals surface area (Å²) >= 11 is 0.